The van der Waals surface area contributed by atoms with E-state index in [4.69, 9.17) is 0 Å². The van der Waals surface area contributed by atoms with E-state index in [9.17, 15) is 14.7 Å². The molecular weight excluding hydrogens is 280 g/mol. The van der Waals surface area contributed by atoms with Crippen molar-refractivity contribution >= 4 is 17.5 Å². The summed E-state index contributed by atoms with van der Waals surface area (Å²) in [5.41, 5.74) is 0.996. The molecule has 1 fully saturated rings. The summed E-state index contributed by atoms with van der Waals surface area (Å²) in [7, 11) is 0. The molecule has 0 aromatic heterocycles. The number of carbonyl (C=O) groups is 2. The molecule has 0 radical (unpaired) electrons. The number of amides is 2. The number of aryl methyl sites for hydroxylation is 1. The second-order valence-electron chi connectivity index (χ2n) is 6.02. The molecular formula is C17H24N2O3. The van der Waals surface area contributed by atoms with Crippen LogP contribution in [0.15, 0.2) is 24.3 Å². The molecule has 1 aliphatic carbocycles. The first-order valence-electron chi connectivity index (χ1n) is 7.93. The van der Waals surface area contributed by atoms with E-state index in [-0.39, 0.29) is 6.54 Å². The summed E-state index contributed by atoms with van der Waals surface area (Å²) in [6.45, 7) is 2.28. The van der Waals surface area contributed by atoms with Gasteiger partial charge in [-0.05, 0) is 49.8 Å². The number of aliphatic hydroxyl groups is 1. The molecule has 5 nitrogen and oxygen atoms in total. The molecule has 1 aromatic carbocycles. The van der Waals surface area contributed by atoms with E-state index in [1.54, 1.807) is 12.1 Å². The highest BCUT2D eigenvalue weighted by atomic mass is 16.3. The summed E-state index contributed by atoms with van der Waals surface area (Å²) in [6.07, 6.45) is 5.61. The highest BCUT2D eigenvalue weighted by molar-refractivity contribution is 6.39. The molecule has 1 aromatic rings. The summed E-state index contributed by atoms with van der Waals surface area (Å²) in [4.78, 5) is 23.5. The van der Waals surface area contributed by atoms with Gasteiger partial charge in [-0.1, -0.05) is 25.5 Å². The van der Waals surface area contributed by atoms with Crippen molar-refractivity contribution in [1.82, 2.24) is 5.32 Å². The largest absolute Gasteiger partial charge is 0.388 e. The van der Waals surface area contributed by atoms with Gasteiger partial charge in [-0.3, -0.25) is 9.59 Å². The maximum atomic E-state index is 11.8. The molecule has 0 aliphatic heterocycles. The smallest absolute Gasteiger partial charge is 0.313 e. The predicted molar refractivity (Wildman–Crippen MR) is 85.5 cm³/mol. The van der Waals surface area contributed by atoms with Gasteiger partial charge >= 0.3 is 11.8 Å². The van der Waals surface area contributed by atoms with E-state index in [0.29, 0.717) is 18.5 Å². The van der Waals surface area contributed by atoms with Gasteiger partial charge in [0.15, 0.2) is 0 Å². The van der Waals surface area contributed by atoms with Gasteiger partial charge in [0.05, 0.1) is 5.60 Å². The monoisotopic (exact) mass is 304 g/mol. The Balaban J connectivity index is 1.79. The minimum Gasteiger partial charge on any atom is -0.388 e. The lowest BCUT2D eigenvalue weighted by Crippen LogP contribution is -2.49. The minimum atomic E-state index is -0.823. The first kappa shape index (κ1) is 16.5. The molecule has 5 heteroatoms. The van der Waals surface area contributed by atoms with E-state index in [1.807, 2.05) is 12.1 Å². The van der Waals surface area contributed by atoms with Gasteiger partial charge in [-0.25, -0.2) is 0 Å². The second kappa shape index (κ2) is 7.40. The van der Waals surface area contributed by atoms with Gasteiger partial charge in [0.1, 0.15) is 0 Å². The predicted octanol–water partition coefficient (Wildman–Crippen LogP) is 2.00. The number of hydrogen-bond donors (Lipinski definition) is 3. The fourth-order valence-corrected chi connectivity index (χ4v) is 2.41. The SMILES string of the molecule is CCCCc1ccc(NC(=O)C(=O)NCC2(O)CCC2)cc1. The van der Waals surface area contributed by atoms with Crippen molar-refractivity contribution in [3.8, 4) is 0 Å². The third kappa shape index (κ3) is 4.56. The van der Waals surface area contributed by atoms with Crippen LogP contribution in [0.4, 0.5) is 5.69 Å². The zero-order valence-corrected chi connectivity index (χ0v) is 13.0. The molecule has 2 amide bonds. The maximum Gasteiger partial charge on any atom is 0.313 e. The van der Waals surface area contributed by atoms with E-state index < -0.39 is 17.4 Å². The minimum absolute atomic E-state index is 0.134. The van der Waals surface area contributed by atoms with Crippen LogP contribution in [0.2, 0.25) is 0 Å². The Morgan fingerprint density at radius 3 is 2.41 bits per heavy atom. The maximum absolute atomic E-state index is 11.8. The number of benzene rings is 1. The van der Waals surface area contributed by atoms with Crippen molar-refractivity contribution in [2.24, 2.45) is 0 Å². The summed E-state index contributed by atoms with van der Waals surface area (Å²) in [5, 5.41) is 14.9. The fraction of sp³-hybridized carbons (Fsp3) is 0.529. The number of anilines is 1. The molecule has 0 heterocycles. The van der Waals surface area contributed by atoms with Crippen molar-refractivity contribution in [3.05, 3.63) is 29.8 Å². The Hall–Kier alpha value is -1.88. The lowest BCUT2D eigenvalue weighted by molar-refractivity contribution is -0.137. The average molecular weight is 304 g/mol. The number of hydrogen-bond acceptors (Lipinski definition) is 3. The van der Waals surface area contributed by atoms with Crippen molar-refractivity contribution in [1.29, 1.82) is 0 Å². The third-order valence-corrected chi connectivity index (χ3v) is 4.10. The number of unbranched alkanes of at least 4 members (excludes halogenated alkanes) is 1. The number of rotatable bonds is 6. The Labute approximate surface area is 131 Å². The van der Waals surface area contributed by atoms with Crippen molar-refractivity contribution < 1.29 is 14.7 Å². The standard InChI is InChI=1S/C17H24N2O3/c1-2-3-5-13-6-8-14(9-7-13)19-16(21)15(20)18-12-17(22)10-4-11-17/h6-9,22H,2-5,10-12H2,1H3,(H,18,20)(H,19,21). The highest BCUT2D eigenvalue weighted by Crippen LogP contribution is 2.30. The van der Waals surface area contributed by atoms with E-state index in [0.717, 1.165) is 25.7 Å². The van der Waals surface area contributed by atoms with Crippen LogP contribution in [-0.2, 0) is 16.0 Å². The fourth-order valence-electron chi connectivity index (χ4n) is 2.41. The summed E-state index contributed by atoms with van der Waals surface area (Å²) >= 11 is 0. The Morgan fingerprint density at radius 1 is 1.18 bits per heavy atom. The summed E-state index contributed by atoms with van der Waals surface area (Å²) in [6, 6.07) is 7.52. The van der Waals surface area contributed by atoms with Crippen LogP contribution in [0.5, 0.6) is 0 Å². The number of nitrogens with one attached hydrogen (secondary N) is 2. The van der Waals surface area contributed by atoms with Crippen LogP contribution in [-0.4, -0.2) is 29.1 Å². The molecule has 22 heavy (non-hydrogen) atoms. The van der Waals surface area contributed by atoms with Crippen LogP contribution in [0.1, 0.15) is 44.6 Å². The van der Waals surface area contributed by atoms with Crippen LogP contribution in [0.25, 0.3) is 0 Å². The molecule has 0 spiro atoms. The third-order valence-electron chi connectivity index (χ3n) is 4.10. The lowest BCUT2D eigenvalue weighted by atomic mass is 9.80. The van der Waals surface area contributed by atoms with Crippen LogP contribution in [0, 0.1) is 0 Å². The molecule has 120 valence electrons. The molecule has 0 atom stereocenters. The molecule has 0 saturated heterocycles. The second-order valence-corrected chi connectivity index (χ2v) is 6.02. The zero-order chi connectivity index (χ0) is 16.0. The molecule has 2 rings (SSSR count). The lowest BCUT2D eigenvalue weighted by Gasteiger charge is -2.36. The van der Waals surface area contributed by atoms with Crippen LogP contribution < -0.4 is 10.6 Å². The topological polar surface area (TPSA) is 78.4 Å². The van der Waals surface area contributed by atoms with Crippen molar-refractivity contribution in [3.63, 3.8) is 0 Å². The van der Waals surface area contributed by atoms with Gasteiger partial charge in [0, 0.05) is 12.2 Å². The van der Waals surface area contributed by atoms with Gasteiger partial charge < -0.3 is 15.7 Å². The molecule has 0 unspecified atom stereocenters. The Kier molecular flexibility index (Phi) is 5.55. The summed E-state index contributed by atoms with van der Waals surface area (Å²) in [5.74, 6) is -1.42. The van der Waals surface area contributed by atoms with Gasteiger partial charge in [0.25, 0.3) is 0 Å². The normalized spacial score (nSPS) is 15.7. The van der Waals surface area contributed by atoms with E-state index in [1.165, 1.54) is 5.56 Å². The van der Waals surface area contributed by atoms with E-state index in [2.05, 4.69) is 17.6 Å². The average Bonchev–Trinajstić information content (AvgIpc) is 2.50. The molecule has 3 N–H and O–H groups in total. The van der Waals surface area contributed by atoms with Crippen molar-refractivity contribution in [2.75, 3.05) is 11.9 Å². The van der Waals surface area contributed by atoms with Gasteiger partial charge in [-0.15, -0.1) is 0 Å². The number of carbonyl (C=O) groups excluding carboxylic acids is 2. The van der Waals surface area contributed by atoms with Crippen LogP contribution >= 0.6 is 0 Å². The van der Waals surface area contributed by atoms with Crippen LogP contribution in [0.3, 0.4) is 0 Å². The molecule has 1 aliphatic rings. The van der Waals surface area contributed by atoms with Crippen molar-refractivity contribution in [2.45, 2.75) is 51.0 Å². The Bertz CT molecular complexity index is 521. The molecule has 0 bridgehead atoms. The first-order valence-corrected chi connectivity index (χ1v) is 7.93. The highest BCUT2D eigenvalue weighted by Gasteiger charge is 2.35. The van der Waals surface area contributed by atoms with Gasteiger partial charge in [-0.2, -0.15) is 0 Å². The Morgan fingerprint density at radius 2 is 1.86 bits per heavy atom. The summed E-state index contributed by atoms with van der Waals surface area (Å²) < 4.78 is 0. The molecule has 1 saturated carbocycles. The zero-order valence-electron chi connectivity index (χ0n) is 13.0. The first-order chi connectivity index (χ1) is 10.5. The quantitative estimate of drug-likeness (QED) is 0.703. The van der Waals surface area contributed by atoms with Gasteiger partial charge in [0.2, 0.25) is 0 Å². The van der Waals surface area contributed by atoms with E-state index >= 15 is 0 Å².